The molecule has 0 atom stereocenters. The maximum atomic E-state index is 13.3. The molecule has 8 nitrogen and oxygen atoms in total. The van der Waals surface area contributed by atoms with Gasteiger partial charge in [-0.3, -0.25) is 24.2 Å². The van der Waals surface area contributed by atoms with Gasteiger partial charge in [-0.15, -0.1) is 0 Å². The number of hydrogen-bond donors (Lipinski definition) is 1. The monoisotopic (exact) mass is 649 g/mol. The van der Waals surface area contributed by atoms with Crippen LogP contribution in [0.25, 0.3) is 0 Å². The molecule has 1 N–H and O–H groups in total. The van der Waals surface area contributed by atoms with Gasteiger partial charge < -0.3 is 14.7 Å². The predicted octanol–water partition coefficient (Wildman–Crippen LogP) is 5.67. The summed E-state index contributed by atoms with van der Waals surface area (Å²) in [6.07, 6.45) is 2.39. The second kappa shape index (κ2) is 15.3. The summed E-state index contributed by atoms with van der Waals surface area (Å²) in [7, 11) is 0. The summed E-state index contributed by atoms with van der Waals surface area (Å²) in [6.45, 7) is 5.23. The Bertz CT molecular complexity index is 1730. The average molecular weight is 650 g/mol. The number of aryl methyl sites for hydroxylation is 3. The minimum Gasteiger partial charge on any atom is -0.492 e. The van der Waals surface area contributed by atoms with Gasteiger partial charge in [0.1, 0.15) is 18.2 Å². The highest BCUT2D eigenvalue weighted by molar-refractivity contribution is 6.21. The number of carbonyl (C=O) groups is 3. The number of halogens is 1. The van der Waals surface area contributed by atoms with Crippen LogP contribution in [0.3, 0.4) is 0 Å². The molecule has 4 aromatic rings. The standard InChI is InChI=1S/C39H40FN3O5/c40-32-12-14-33(15-13-32)42-21-19-41(20-22-42)23-24-48-36-8-4-1-5-31(36)11-9-28-25-29(10-16-37(44)45)27-30(26-28)17-18-43-38(46)34-6-2-3-7-35(34)39(43)47/h1-8,12-15,25-27H,9-11,16-24H2,(H,44,45). The van der Waals surface area contributed by atoms with Crippen molar-refractivity contribution in [3.63, 3.8) is 0 Å². The van der Waals surface area contributed by atoms with Crippen molar-refractivity contribution in [3.05, 3.63) is 130 Å². The first-order valence-corrected chi connectivity index (χ1v) is 16.6. The number of para-hydroxylation sites is 1. The average Bonchev–Trinajstić information content (AvgIpc) is 3.35. The summed E-state index contributed by atoms with van der Waals surface area (Å²) in [6, 6.07) is 27.7. The van der Waals surface area contributed by atoms with Crippen LogP contribution in [0.1, 0.15) is 49.4 Å². The SMILES string of the molecule is O=C(O)CCc1cc(CCc2ccccc2OCCN2CCN(c3ccc(F)cc3)CC2)cc(CCN2C(=O)c3ccccc3C2=O)c1. The van der Waals surface area contributed by atoms with E-state index in [1.807, 2.05) is 36.4 Å². The summed E-state index contributed by atoms with van der Waals surface area (Å²) in [5.74, 6) is -0.770. The molecule has 2 aliphatic heterocycles. The van der Waals surface area contributed by atoms with Gasteiger partial charge in [0.2, 0.25) is 0 Å². The van der Waals surface area contributed by atoms with E-state index in [0.717, 1.165) is 79.3 Å². The highest BCUT2D eigenvalue weighted by Gasteiger charge is 2.34. The van der Waals surface area contributed by atoms with Crippen molar-refractivity contribution in [2.45, 2.75) is 32.1 Å². The quantitative estimate of drug-likeness (QED) is 0.176. The van der Waals surface area contributed by atoms with Gasteiger partial charge in [0.15, 0.2) is 0 Å². The van der Waals surface area contributed by atoms with Crippen LogP contribution < -0.4 is 9.64 Å². The van der Waals surface area contributed by atoms with E-state index in [1.165, 1.54) is 17.0 Å². The molecule has 1 saturated heterocycles. The topological polar surface area (TPSA) is 90.4 Å². The van der Waals surface area contributed by atoms with Crippen LogP contribution in [-0.2, 0) is 30.5 Å². The number of fused-ring (bicyclic) bond motifs is 1. The fourth-order valence-corrected chi connectivity index (χ4v) is 6.50. The van der Waals surface area contributed by atoms with E-state index in [-0.39, 0.29) is 30.6 Å². The van der Waals surface area contributed by atoms with Crippen molar-refractivity contribution in [1.29, 1.82) is 0 Å². The number of imide groups is 1. The Morgan fingerprint density at radius 3 is 1.98 bits per heavy atom. The van der Waals surface area contributed by atoms with E-state index in [4.69, 9.17) is 4.74 Å². The van der Waals surface area contributed by atoms with Gasteiger partial charge in [-0.05, 0) is 90.4 Å². The van der Waals surface area contributed by atoms with Crippen LogP contribution in [0.2, 0.25) is 0 Å². The van der Waals surface area contributed by atoms with Crippen LogP contribution in [0.4, 0.5) is 10.1 Å². The van der Waals surface area contributed by atoms with Crippen molar-refractivity contribution in [1.82, 2.24) is 9.80 Å². The molecule has 6 rings (SSSR count). The van der Waals surface area contributed by atoms with Gasteiger partial charge in [-0.2, -0.15) is 0 Å². The van der Waals surface area contributed by atoms with Gasteiger partial charge in [-0.25, -0.2) is 4.39 Å². The minimum atomic E-state index is -0.853. The van der Waals surface area contributed by atoms with Crippen LogP contribution in [-0.4, -0.2) is 78.6 Å². The molecule has 0 spiro atoms. The maximum Gasteiger partial charge on any atom is 0.303 e. The lowest BCUT2D eigenvalue weighted by molar-refractivity contribution is -0.136. The number of aliphatic carboxylic acids is 1. The first-order chi connectivity index (χ1) is 23.3. The lowest BCUT2D eigenvalue weighted by Gasteiger charge is -2.36. The lowest BCUT2D eigenvalue weighted by Crippen LogP contribution is -2.47. The van der Waals surface area contributed by atoms with Crippen molar-refractivity contribution >= 4 is 23.5 Å². The van der Waals surface area contributed by atoms with E-state index in [9.17, 15) is 23.9 Å². The molecule has 9 heteroatoms. The van der Waals surface area contributed by atoms with E-state index >= 15 is 0 Å². The Balaban J connectivity index is 1.04. The maximum absolute atomic E-state index is 13.3. The number of carboxylic acid groups (broad SMARTS) is 1. The molecule has 0 bridgehead atoms. The number of carboxylic acids is 1. The first-order valence-electron chi connectivity index (χ1n) is 16.6. The Labute approximate surface area is 280 Å². The van der Waals surface area contributed by atoms with E-state index in [2.05, 4.69) is 28.0 Å². The second-order valence-electron chi connectivity index (χ2n) is 12.4. The number of carbonyl (C=O) groups excluding carboxylic acids is 2. The molecule has 0 aromatic heterocycles. The van der Waals surface area contributed by atoms with E-state index in [0.29, 0.717) is 30.6 Å². The number of piperazine rings is 1. The number of benzene rings is 4. The normalized spacial score (nSPS) is 14.8. The molecule has 0 radical (unpaired) electrons. The molecular weight excluding hydrogens is 609 g/mol. The van der Waals surface area contributed by atoms with Gasteiger partial charge in [-0.1, -0.05) is 48.5 Å². The summed E-state index contributed by atoms with van der Waals surface area (Å²) in [4.78, 5) is 43.1. The largest absolute Gasteiger partial charge is 0.492 e. The first kappa shape index (κ1) is 32.9. The molecular formula is C39H40FN3O5. The summed E-state index contributed by atoms with van der Waals surface area (Å²) in [5.41, 5.74) is 5.98. The van der Waals surface area contributed by atoms with Crippen LogP contribution in [0, 0.1) is 5.82 Å². The summed E-state index contributed by atoms with van der Waals surface area (Å²) in [5, 5.41) is 9.30. The van der Waals surface area contributed by atoms with Gasteiger partial charge >= 0.3 is 5.97 Å². The molecule has 0 saturated carbocycles. The van der Waals surface area contributed by atoms with E-state index in [1.54, 1.807) is 24.3 Å². The summed E-state index contributed by atoms with van der Waals surface area (Å²) < 4.78 is 19.6. The fourth-order valence-electron chi connectivity index (χ4n) is 6.50. The molecule has 1 fully saturated rings. The number of hydrogen-bond acceptors (Lipinski definition) is 6. The zero-order valence-electron chi connectivity index (χ0n) is 26.9. The van der Waals surface area contributed by atoms with E-state index < -0.39 is 5.97 Å². The van der Waals surface area contributed by atoms with Crippen molar-refractivity contribution in [2.24, 2.45) is 0 Å². The minimum absolute atomic E-state index is 0.0270. The molecule has 0 unspecified atom stereocenters. The lowest BCUT2D eigenvalue weighted by atomic mass is 9.96. The molecule has 248 valence electrons. The second-order valence-corrected chi connectivity index (χ2v) is 12.4. The number of rotatable bonds is 14. The van der Waals surface area contributed by atoms with Gasteiger partial charge in [0.25, 0.3) is 11.8 Å². The Morgan fingerprint density at radius 2 is 1.31 bits per heavy atom. The number of nitrogens with zero attached hydrogens (tertiary/aromatic N) is 3. The van der Waals surface area contributed by atoms with Gasteiger partial charge in [0.05, 0.1) is 11.1 Å². The molecule has 2 aliphatic rings. The van der Waals surface area contributed by atoms with Crippen molar-refractivity contribution < 1.29 is 28.6 Å². The Morgan fingerprint density at radius 1 is 0.708 bits per heavy atom. The highest BCUT2D eigenvalue weighted by atomic mass is 19.1. The molecule has 48 heavy (non-hydrogen) atoms. The highest BCUT2D eigenvalue weighted by Crippen LogP contribution is 2.25. The Hall–Kier alpha value is -5.02. The van der Waals surface area contributed by atoms with Crippen LogP contribution in [0.15, 0.2) is 91.0 Å². The van der Waals surface area contributed by atoms with Crippen LogP contribution in [0.5, 0.6) is 5.75 Å². The van der Waals surface area contributed by atoms with Crippen LogP contribution >= 0.6 is 0 Å². The Kier molecular flexibility index (Phi) is 10.5. The third-order valence-corrected chi connectivity index (χ3v) is 9.13. The number of ether oxygens (including phenoxy) is 1. The van der Waals surface area contributed by atoms with Gasteiger partial charge in [0, 0.05) is 51.4 Å². The third kappa shape index (κ3) is 8.09. The molecule has 4 aromatic carbocycles. The smallest absolute Gasteiger partial charge is 0.303 e. The predicted molar refractivity (Wildman–Crippen MR) is 182 cm³/mol. The third-order valence-electron chi connectivity index (χ3n) is 9.13. The number of anilines is 1. The van der Waals surface area contributed by atoms with Crippen molar-refractivity contribution in [2.75, 3.05) is 50.8 Å². The molecule has 0 aliphatic carbocycles. The molecule has 2 heterocycles. The number of amides is 2. The summed E-state index contributed by atoms with van der Waals surface area (Å²) >= 11 is 0. The fraction of sp³-hybridized carbons (Fsp3) is 0.308. The molecule has 2 amide bonds. The zero-order chi connectivity index (χ0) is 33.5. The van der Waals surface area contributed by atoms with Crippen molar-refractivity contribution in [3.8, 4) is 5.75 Å². The zero-order valence-corrected chi connectivity index (χ0v) is 26.9.